The van der Waals surface area contributed by atoms with Gasteiger partial charge in [-0.1, -0.05) is 43.9 Å². The van der Waals surface area contributed by atoms with E-state index < -0.39 is 17.3 Å². The highest BCUT2D eigenvalue weighted by atomic mass is 19.1. The molecule has 2 heterocycles. The summed E-state index contributed by atoms with van der Waals surface area (Å²) in [6.07, 6.45) is 8.69. The van der Waals surface area contributed by atoms with E-state index in [1.807, 2.05) is 35.0 Å². The molecule has 0 unspecified atom stereocenters. The van der Waals surface area contributed by atoms with Crippen LogP contribution < -0.4 is 20.3 Å². The molecule has 1 fully saturated rings. The lowest BCUT2D eigenvalue weighted by atomic mass is 10.0. The highest BCUT2D eigenvalue weighted by Gasteiger charge is 2.25. The summed E-state index contributed by atoms with van der Waals surface area (Å²) < 4.78 is 29.9. The minimum absolute atomic E-state index is 0.0117. The van der Waals surface area contributed by atoms with Gasteiger partial charge in [-0.15, -0.1) is 0 Å². The van der Waals surface area contributed by atoms with Crippen molar-refractivity contribution in [1.82, 2.24) is 14.3 Å². The van der Waals surface area contributed by atoms with Gasteiger partial charge in [-0.05, 0) is 68.1 Å². The van der Waals surface area contributed by atoms with Crippen LogP contribution in [0.15, 0.2) is 83.8 Å². The van der Waals surface area contributed by atoms with Crippen molar-refractivity contribution in [1.29, 1.82) is 0 Å². The number of methoxy groups -OCH3 is 1. The summed E-state index contributed by atoms with van der Waals surface area (Å²) in [5.74, 6) is 0.548. The summed E-state index contributed by atoms with van der Waals surface area (Å²) in [6.45, 7) is 2.41. The second-order valence-electron chi connectivity index (χ2n) is 11.2. The van der Waals surface area contributed by atoms with Gasteiger partial charge in [0.05, 0.1) is 24.0 Å². The molecule has 1 N–H and O–H groups in total. The van der Waals surface area contributed by atoms with Gasteiger partial charge in [0.25, 0.3) is 11.5 Å². The molecule has 1 amide bonds. The number of hydrogen-bond donors (Lipinski definition) is 1. The number of benzene rings is 3. The zero-order chi connectivity index (χ0) is 30.6. The summed E-state index contributed by atoms with van der Waals surface area (Å²) >= 11 is 0. The number of nitrogens with zero attached hydrogens (tertiary/aromatic N) is 3. The van der Waals surface area contributed by atoms with Crippen molar-refractivity contribution in [3.8, 4) is 22.9 Å². The summed E-state index contributed by atoms with van der Waals surface area (Å²) in [4.78, 5) is 31.6. The van der Waals surface area contributed by atoms with Crippen molar-refractivity contribution in [2.24, 2.45) is 5.92 Å². The molecule has 0 atom stereocenters. The Balaban J connectivity index is 1.23. The van der Waals surface area contributed by atoms with Crippen LogP contribution in [0.2, 0.25) is 0 Å². The van der Waals surface area contributed by atoms with Gasteiger partial charge in [0.2, 0.25) is 0 Å². The Morgan fingerprint density at radius 2 is 1.82 bits per heavy atom. The number of halogens is 1. The number of ether oxygens (including phenoxy) is 2. The number of pyridine rings is 1. The molecule has 1 saturated carbocycles. The van der Waals surface area contributed by atoms with Crippen LogP contribution in [-0.4, -0.2) is 27.4 Å². The number of amides is 1. The van der Waals surface area contributed by atoms with E-state index in [9.17, 15) is 9.59 Å². The quantitative estimate of drug-likeness (QED) is 0.179. The molecule has 0 bridgehead atoms. The maximum absolute atomic E-state index is 15.2. The topological polar surface area (TPSA) is 87.4 Å². The van der Waals surface area contributed by atoms with Crippen molar-refractivity contribution < 1.29 is 18.7 Å². The van der Waals surface area contributed by atoms with Crippen molar-refractivity contribution in [2.45, 2.75) is 52.0 Å². The van der Waals surface area contributed by atoms with Crippen LogP contribution in [0.5, 0.6) is 17.2 Å². The molecule has 0 aliphatic heterocycles. The molecule has 1 aliphatic carbocycles. The first-order valence-corrected chi connectivity index (χ1v) is 15.0. The Morgan fingerprint density at radius 3 is 2.57 bits per heavy atom. The molecule has 1 aliphatic rings. The van der Waals surface area contributed by atoms with Gasteiger partial charge in [0, 0.05) is 35.9 Å². The van der Waals surface area contributed by atoms with Crippen LogP contribution in [0, 0.1) is 18.7 Å². The number of aromatic nitrogens is 3. The Morgan fingerprint density at radius 1 is 1.02 bits per heavy atom. The lowest BCUT2D eigenvalue weighted by molar-refractivity contribution is 0.102. The zero-order valence-electron chi connectivity index (χ0n) is 24.9. The van der Waals surface area contributed by atoms with E-state index in [1.54, 1.807) is 55.2 Å². The molecule has 44 heavy (non-hydrogen) atoms. The van der Waals surface area contributed by atoms with Crippen LogP contribution in [0.1, 0.15) is 54.6 Å². The first kappa shape index (κ1) is 29.2. The lowest BCUT2D eigenvalue weighted by Crippen LogP contribution is -2.26. The highest BCUT2D eigenvalue weighted by molar-refractivity contribution is 6.05. The maximum atomic E-state index is 15.2. The SMILES string of the molecule is COc1ccc2c(Oc3ccc(NC(=O)c4c(C)n(CCCC5CCCC5)n(-c5ccccc5)c4=O)cc3F)ccnc2c1. The predicted octanol–water partition coefficient (Wildman–Crippen LogP) is 7.66. The molecule has 3 aromatic carbocycles. The smallest absolute Gasteiger partial charge is 0.284 e. The van der Waals surface area contributed by atoms with E-state index in [4.69, 9.17) is 9.47 Å². The van der Waals surface area contributed by atoms with Crippen LogP contribution in [0.4, 0.5) is 10.1 Å². The third-order valence-electron chi connectivity index (χ3n) is 8.40. The number of hydrogen-bond acceptors (Lipinski definition) is 5. The third kappa shape index (κ3) is 5.95. The van der Waals surface area contributed by atoms with E-state index in [-0.39, 0.29) is 17.0 Å². The number of carbonyl (C=O) groups excluding carboxylic acids is 1. The maximum Gasteiger partial charge on any atom is 0.284 e. The van der Waals surface area contributed by atoms with Crippen LogP contribution in [0.3, 0.4) is 0 Å². The van der Waals surface area contributed by atoms with Crippen molar-refractivity contribution in [2.75, 3.05) is 12.4 Å². The standard InChI is InChI=1S/C35H35FN4O4/c1-23-33(35(42)40(26-12-4-3-5-13-26)39(23)20-8-11-24-9-6-7-10-24)34(41)38-25-14-17-32(29(36)21-25)44-31-18-19-37-30-22-27(43-2)15-16-28(30)31/h3-5,12-19,21-22,24H,6-11,20H2,1-2H3,(H,38,41). The second kappa shape index (κ2) is 12.8. The molecule has 6 rings (SSSR count). The number of para-hydroxylation sites is 1. The molecule has 226 valence electrons. The van der Waals surface area contributed by atoms with E-state index in [0.29, 0.717) is 40.3 Å². The number of rotatable bonds is 10. The summed E-state index contributed by atoms with van der Waals surface area (Å²) in [5.41, 5.74) is 1.75. The largest absolute Gasteiger partial charge is 0.497 e. The number of nitrogens with one attached hydrogen (secondary N) is 1. The Bertz CT molecular complexity index is 1860. The van der Waals surface area contributed by atoms with Gasteiger partial charge >= 0.3 is 0 Å². The molecule has 0 spiro atoms. The fourth-order valence-corrected chi connectivity index (χ4v) is 6.12. The van der Waals surface area contributed by atoms with Crippen molar-refractivity contribution in [3.05, 3.63) is 106 Å². The number of carbonyl (C=O) groups is 1. The Hall–Kier alpha value is -4.92. The molecule has 0 saturated heterocycles. The first-order valence-electron chi connectivity index (χ1n) is 15.0. The fraction of sp³-hybridized carbons (Fsp3) is 0.286. The lowest BCUT2D eigenvalue weighted by Gasteiger charge is -2.15. The monoisotopic (exact) mass is 594 g/mol. The molecule has 9 heteroatoms. The average Bonchev–Trinajstić information content (AvgIpc) is 3.64. The van der Waals surface area contributed by atoms with Crippen LogP contribution in [0.25, 0.3) is 16.6 Å². The normalized spacial score (nSPS) is 13.3. The molecule has 5 aromatic rings. The fourth-order valence-electron chi connectivity index (χ4n) is 6.12. The van der Waals surface area contributed by atoms with E-state index >= 15 is 4.39 Å². The van der Waals surface area contributed by atoms with Gasteiger partial charge in [-0.25, -0.2) is 9.07 Å². The highest BCUT2D eigenvalue weighted by Crippen LogP contribution is 2.33. The minimum atomic E-state index is -0.663. The zero-order valence-corrected chi connectivity index (χ0v) is 24.9. The number of fused-ring (bicyclic) bond motifs is 1. The van der Waals surface area contributed by atoms with Gasteiger partial charge in [-0.2, -0.15) is 0 Å². The van der Waals surface area contributed by atoms with Gasteiger partial charge in [-0.3, -0.25) is 19.3 Å². The van der Waals surface area contributed by atoms with Gasteiger partial charge < -0.3 is 14.8 Å². The second-order valence-corrected chi connectivity index (χ2v) is 11.2. The molecular formula is C35H35FN4O4. The molecular weight excluding hydrogens is 559 g/mol. The first-order chi connectivity index (χ1) is 21.4. The van der Waals surface area contributed by atoms with Gasteiger partial charge in [0.1, 0.15) is 17.1 Å². The number of anilines is 1. The van der Waals surface area contributed by atoms with Crippen LogP contribution >= 0.6 is 0 Å². The predicted molar refractivity (Wildman–Crippen MR) is 169 cm³/mol. The summed E-state index contributed by atoms with van der Waals surface area (Å²) in [7, 11) is 1.57. The summed E-state index contributed by atoms with van der Waals surface area (Å²) in [5, 5.41) is 3.42. The Labute approximate surface area is 255 Å². The molecule has 8 nitrogen and oxygen atoms in total. The van der Waals surface area contributed by atoms with E-state index in [1.165, 1.54) is 37.8 Å². The van der Waals surface area contributed by atoms with E-state index in [2.05, 4.69) is 10.3 Å². The van der Waals surface area contributed by atoms with E-state index in [0.717, 1.165) is 18.8 Å². The van der Waals surface area contributed by atoms with Crippen LogP contribution in [-0.2, 0) is 6.54 Å². The minimum Gasteiger partial charge on any atom is -0.497 e. The van der Waals surface area contributed by atoms with Gasteiger partial charge in [0.15, 0.2) is 11.6 Å². The van der Waals surface area contributed by atoms with Crippen molar-refractivity contribution >= 4 is 22.5 Å². The summed E-state index contributed by atoms with van der Waals surface area (Å²) in [6, 6.07) is 20.5. The molecule has 0 radical (unpaired) electrons. The molecule has 2 aromatic heterocycles. The Kier molecular flexibility index (Phi) is 8.45. The third-order valence-corrected chi connectivity index (χ3v) is 8.40. The average molecular weight is 595 g/mol. The van der Waals surface area contributed by atoms with Crippen molar-refractivity contribution in [3.63, 3.8) is 0 Å².